The molecule has 0 radical (unpaired) electrons. The van der Waals surface area contributed by atoms with Crippen LogP contribution in [0.4, 0.5) is 0 Å². The lowest BCUT2D eigenvalue weighted by Gasteiger charge is -2.15. The molecule has 10 rings (SSSR count). The lowest BCUT2D eigenvalue weighted by Crippen LogP contribution is -1.98. The van der Waals surface area contributed by atoms with Crippen molar-refractivity contribution in [3.63, 3.8) is 0 Å². The molecule has 3 heteroatoms. The zero-order chi connectivity index (χ0) is 38.7. The smallest absolute Gasteiger partial charge is 0.160 e. The number of benzene rings is 8. The summed E-state index contributed by atoms with van der Waals surface area (Å²) in [5.74, 6) is 0.646. The van der Waals surface area contributed by atoms with Crippen molar-refractivity contribution in [3.8, 4) is 89.7 Å². The van der Waals surface area contributed by atoms with E-state index in [1.54, 1.807) is 0 Å². The highest BCUT2D eigenvalue weighted by Gasteiger charge is 2.17. The van der Waals surface area contributed by atoms with Crippen molar-refractivity contribution in [1.82, 2.24) is 15.0 Å². The van der Waals surface area contributed by atoms with Crippen molar-refractivity contribution < 1.29 is 0 Å². The predicted octanol–water partition coefficient (Wildman–Crippen LogP) is 14.4. The minimum absolute atomic E-state index is 0.646. The molecule has 8 aromatic carbocycles. The fourth-order valence-corrected chi connectivity index (χ4v) is 7.77. The highest BCUT2D eigenvalue weighted by Crippen LogP contribution is 2.38. The van der Waals surface area contributed by atoms with Gasteiger partial charge in [0.15, 0.2) is 5.82 Å². The van der Waals surface area contributed by atoms with Crippen LogP contribution in [0.15, 0.2) is 225 Å². The van der Waals surface area contributed by atoms with Crippen LogP contribution in [0.1, 0.15) is 0 Å². The van der Waals surface area contributed by atoms with E-state index in [9.17, 15) is 0 Å². The number of nitrogens with zero attached hydrogens (tertiary/aromatic N) is 3. The molecule has 2 heterocycles. The number of hydrogen-bond acceptors (Lipinski definition) is 3. The van der Waals surface area contributed by atoms with E-state index in [1.807, 2.05) is 6.20 Å². The fraction of sp³-hybridized carbons (Fsp3) is 0. The molecule has 2 aromatic heterocycles. The molecule has 3 nitrogen and oxygen atoms in total. The van der Waals surface area contributed by atoms with Gasteiger partial charge in [-0.3, -0.25) is 4.98 Å². The molecule has 0 N–H and O–H groups in total. The summed E-state index contributed by atoms with van der Waals surface area (Å²) in [6, 6.07) is 76.9. The Kier molecular flexibility index (Phi) is 9.23. The van der Waals surface area contributed by atoms with Gasteiger partial charge in [0.2, 0.25) is 0 Å². The Morgan fingerprint density at radius 1 is 0.259 bits per heavy atom. The van der Waals surface area contributed by atoms with Crippen molar-refractivity contribution in [1.29, 1.82) is 0 Å². The van der Waals surface area contributed by atoms with E-state index in [0.29, 0.717) is 5.82 Å². The zero-order valence-electron chi connectivity index (χ0n) is 31.7. The van der Waals surface area contributed by atoms with E-state index in [2.05, 4.69) is 218 Å². The Morgan fingerprint density at radius 3 is 1.12 bits per heavy atom. The number of pyridine rings is 1. The Bertz CT molecular complexity index is 2770. The maximum absolute atomic E-state index is 5.40. The molecular weight excluding hydrogens is 703 g/mol. The second-order valence-electron chi connectivity index (χ2n) is 14.5. The minimum atomic E-state index is 0.646. The molecule has 0 fully saturated rings. The maximum Gasteiger partial charge on any atom is 0.160 e. The lowest BCUT2D eigenvalue weighted by atomic mass is 9.93. The van der Waals surface area contributed by atoms with Gasteiger partial charge in [-0.2, -0.15) is 0 Å². The van der Waals surface area contributed by atoms with Crippen LogP contribution in [0.3, 0.4) is 0 Å². The van der Waals surface area contributed by atoms with Crippen LogP contribution >= 0.6 is 0 Å². The number of hydrogen-bond donors (Lipinski definition) is 0. The van der Waals surface area contributed by atoms with Crippen molar-refractivity contribution in [3.05, 3.63) is 225 Å². The molecule has 0 unspecified atom stereocenters. The zero-order valence-corrected chi connectivity index (χ0v) is 31.7. The molecule has 58 heavy (non-hydrogen) atoms. The summed E-state index contributed by atoms with van der Waals surface area (Å²) in [5, 5.41) is 2.26. The first-order valence-corrected chi connectivity index (χ1v) is 19.6. The Hall–Kier alpha value is -7.75. The molecule has 0 spiro atoms. The molecule has 0 saturated carbocycles. The first-order valence-electron chi connectivity index (χ1n) is 19.6. The van der Waals surface area contributed by atoms with Crippen LogP contribution in [0.5, 0.6) is 0 Å². The van der Waals surface area contributed by atoms with E-state index in [-0.39, 0.29) is 0 Å². The Balaban J connectivity index is 1.21. The minimum Gasteiger partial charge on any atom is -0.256 e. The van der Waals surface area contributed by atoms with Gasteiger partial charge in [-0.25, -0.2) is 9.97 Å². The molecule has 0 bridgehead atoms. The van der Waals surface area contributed by atoms with Crippen LogP contribution < -0.4 is 0 Å². The van der Waals surface area contributed by atoms with Gasteiger partial charge in [0.1, 0.15) is 0 Å². The summed E-state index contributed by atoms with van der Waals surface area (Å²) >= 11 is 0. The number of fused-ring (bicyclic) bond motifs is 1. The molecular formula is C55H37N3. The third-order valence-corrected chi connectivity index (χ3v) is 10.7. The first kappa shape index (κ1) is 34.7. The number of aromatic nitrogens is 3. The molecule has 272 valence electrons. The van der Waals surface area contributed by atoms with Crippen LogP contribution in [0.25, 0.3) is 100 Å². The van der Waals surface area contributed by atoms with Gasteiger partial charge in [-0.15, -0.1) is 0 Å². The maximum atomic E-state index is 5.40. The summed E-state index contributed by atoms with van der Waals surface area (Å²) in [7, 11) is 0. The van der Waals surface area contributed by atoms with Crippen molar-refractivity contribution >= 4 is 10.8 Å². The van der Waals surface area contributed by atoms with Gasteiger partial charge >= 0.3 is 0 Å². The highest BCUT2D eigenvalue weighted by molar-refractivity contribution is 5.95. The van der Waals surface area contributed by atoms with Crippen molar-refractivity contribution in [2.45, 2.75) is 0 Å². The molecule has 0 aliphatic rings. The average Bonchev–Trinajstić information content (AvgIpc) is 3.32. The average molecular weight is 740 g/mol. The van der Waals surface area contributed by atoms with E-state index < -0.39 is 0 Å². The van der Waals surface area contributed by atoms with Gasteiger partial charge in [0, 0.05) is 33.8 Å². The second-order valence-corrected chi connectivity index (χ2v) is 14.5. The van der Waals surface area contributed by atoms with Gasteiger partial charge in [-0.1, -0.05) is 164 Å². The number of rotatable bonds is 8. The topological polar surface area (TPSA) is 38.7 Å². The Labute approximate surface area is 338 Å². The van der Waals surface area contributed by atoms with Gasteiger partial charge < -0.3 is 0 Å². The van der Waals surface area contributed by atoms with Gasteiger partial charge in [-0.05, 0) is 104 Å². The van der Waals surface area contributed by atoms with Crippen LogP contribution in [0, 0.1) is 0 Å². The molecule has 0 aliphatic carbocycles. The van der Waals surface area contributed by atoms with Crippen LogP contribution in [0.2, 0.25) is 0 Å². The van der Waals surface area contributed by atoms with Crippen molar-refractivity contribution in [2.24, 2.45) is 0 Å². The SMILES string of the molecule is c1ccc(-c2cc(-c3ccccc3)cc(-c3cc(-c4cc(-c5ccccc5)cc(-c5ccccc5)c4)nc(-c4cccc(-c5nccc6ccccc56)c4)n3)c2)cc1. The van der Waals surface area contributed by atoms with Crippen molar-refractivity contribution in [2.75, 3.05) is 0 Å². The van der Waals surface area contributed by atoms with Gasteiger partial charge in [0.25, 0.3) is 0 Å². The lowest BCUT2D eigenvalue weighted by molar-refractivity contribution is 1.18. The monoisotopic (exact) mass is 739 g/mol. The normalized spacial score (nSPS) is 11.1. The molecule has 10 aromatic rings. The third-order valence-electron chi connectivity index (χ3n) is 10.7. The van der Waals surface area contributed by atoms with E-state index in [0.717, 1.165) is 94.6 Å². The molecule has 0 amide bonds. The van der Waals surface area contributed by atoms with Gasteiger partial charge in [0.05, 0.1) is 17.1 Å². The van der Waals surface area contributed by atoms with Crippen LogP contribution in [-0.2, 0) is 0 Å². The van der Waals surface area contributed by atoms with E-state index in [4.69, 9.17) is 15.0 Å². The summed E-state index contributed by atoms with van der Waals surface area (Å²) in [4.78, 5) is 15.6. The first-order chi connectivity index (χ1) is 28.7. The second kappa shape index (κ2) is 15.4. The van der Waals surface area contributed by atoms with E-state index >= 15 is 0 Å². The van der Waals surface area contributed by atoms with E-state index in [1.165, 1.54) is 0 Å². The molecule has 0 saturated heterocycles. The molecule has 0 aliphatic heterocycles. The summed E-state index contributed by atoms with van der Waals surface area (Å²) in [6.07, 6.45) is 1.88. The largest absolute Gasteiger partial charge is 0.256 e. The third kappa shape index (κ3) is 7.09. The fourth-order valence-electron chi connectivity index (χ4n) is 7.77. The molecule has 0 atom stereocenters. The summed E-state index contributed by atoms with van der Waals surface area (Å²) < 4.78 is 0. The van der Waals surface area contributed by atoms with Crippen LogP contribution in [-0.4, -0.2) is 15.0 Å². The summed E-state index contributed by atoms with van der Waals surface area (Å²) in [5.41, 5.74) is 15.7. The predicted molar refractivity (Wildman–Crippen MR) is 241 cm³/mol. The summed E-state index contributed by atoms with van der Waals surface area (Å²) in [6.45, 7) is 0. The Morgan fingerprint density at radius 2 is 0.638 bits per heavy atom. The standard InChI is InChI=1S/C55H37N3/c1-5-16-38(17-6-1)45-31-46(39-18-7-2-8-19-39)34-49(33-45)52-37-53(50-35-47(40-20-9-3-10-21-40)32-48(36-50)41-22-11-4-12-23-41)58-55(57-52)44-26-15-25-43(30-44)54-51-27-14-13-24-42(51)28-29-56-54/h1-37H. The quantitative estimate of drug-likeness (QED) is 0.156. The highest BCUT2D eigenvalue weighted by atomic mass is 14.9.